The van der Waals surface area contributed by atoms with Crippen molar-refractivity contribution in [2.75, 3.05) is 11.1 Å². The average molecular weight is 267 g/mol. The summed E-state index contributed by atoms with van der Waals surface area (Å²) in [5, 5.41) is 12.3. The van der Waals surface area contributed by atoms with Gasteiger partial charge in [-0.1, -0.05) is 12.1 Å². The number of rotatable bonds is 4. The zero-order valence-electron chi connectivity index (χ0n) is 11.6. The summed E-state index contributed by atoms with van der Waals surface area (Å²) in [7, 11) is 0. The lowest BCUT2D eigenvalue weighted by Gasteiger charge is -2.14. The molecule has 20 heavy (non-hydrogen) atoms. The zero-order valence-corrected chi connectivity index (χ0v) is 11.6. The van der Waals surface area contributed by atoms with Gasteiger partial charge in [0.2, 0.25) is 0 Å². The van der Waals surface area contributed by atoms with Gasteiger partial charge in [0.05, 0.1) is 23.0 Å². The minimum absolute atomic E-state index is 0.0546. The van der Waals surface area contributed by atoms with Crippen LogP contribution in [0.4, 0.5) is 17.1 Å². The number of nitrogens with zero attached hydrogens (tertiary/aromatic N) is 1. The Morgan fingerprint density at radius 1 is 1.20 bits per heavy atom. The van der Waals surface area contributed by atoms with Crippen LogP contribution in [0.3, 0.4) is 0 Å². The molecule has 0 atom stereocenters. The Hall–Kier alpha value is -2.67. The highest BCUT2D eigenvalue weighted by molar-refractivity contribution is 5.70. The molecule has 102 valence electrons. The van der Waals surface area contributed by atoms with Gasteiger partial charge in [-0.3, -0.25) is 0 Å². The molecule has 4 heteroatoms. The first-order chi connectivity index (χ1) is 9.60. The van der Waals surface area contributed by atoms with E-state index in [1.54, 1.807) is 12.1 Å². The second-order valence-corrected chi connectivity index (χ2v) is 4.70. The summed E-state index contributed by atoms with van der Waals surface area (Å²) in [6.07, 6.45) is 0.0546. The van der Waals surface area contributed by atoms with Crippen LogP contribution in [-0.2, 0) is 0 Å². The van der Waals surface area contributed by atoms with Crippen LogP contribution in [0.25, 0.3) is 0 Å². The number of anilines is 3. The molecule has 0 aliphatic carbocycles. The summed E-state index contributed by atoms with van der Waals surface area (Å²) in [6.45, 7) is 3.90. The zero-order chi connectivity index (χ0) is 14.5. The first-order valence-corrected chi connectivity index (χ1v) is 6.42. The predicted octanol–water partition coefficient (Wildman–Crippen LogP) is 3.67. The average Bonchev–Trinajstić information content (AvgIpc) is 2.42. The molecule has 2 rings (SSSR count). The third kappa shape index (κ3) is 3.21. The molecule has 0 spiro atoms. The van der Waals surface area contributed by atoms with E-state index < -0.39 is 0 Å². The number of nitriles is 1. The number of nitrogens with one attached hydrogen (secondary N) is 1. The highest BCUT2D eigenvalue weighted by Gasteiger charge is 2.06. The van der Waals surface area contributed by atoms with Crippen LogP contribution in [0.5, 0.6) is 5.75 Å². The maximum absolute atomic E-state index is 9.08. The first kappa shape index (κ1) is 13.8. The quantitative estimate of drug-likeness (QED) is 0.829. The third-order valence-electron chi connectivity index (χ3n) is 2.70. The number of nitrogens with two attached hydrogens (primary N) is 1. The highest BCUT2D eigenvalue weighted by atomic mass is 16.5. The Labute approximate surface area is 118 Å². The predicted molar refractivity (Wildman–Crippen MR) is 81.1 cm³/mol. The van der Waals surface area contributed by atoms with Gasteiger partial charge in [0.1, 0.15) is 11.8 Å². The van der Waals surface area contributed by atoms with Crippen LogP contribution in [0.1, 0.15) is 19.4 Å². The number of ether oxygens (including phenoxy) is 1. The SMILES string of the molecule is CC(C)Oc1cc(Nc2ccccc2C#N)ccc1N. The normalized spacial score (nSPS) is 10.1. The van der Waals surface area contributed by atoms with Gasteiger partial charge in [-0.05, 0) is 38.1 Å². The van der Waals surface area contributed by atoms with Crippen LogP contribution >= 0.6 is 0 Å². The van der Waals surface area contributed by atoms with Crippen molar-refractivity contribution in [3.05, 3.63) is 48.0 Å². The lowest BCUT2D eigenvalue weighted by molar-refractivity contribution is 0.244. The van der Waals surface area contributed by atoms with Gasteiger partial charge in [0.25, 0.3) is 0 Å². The van der Waals surface area contributed by atoms with Crippen molar-refractivity contribution in [2.45, 2.75) is 20.0 Å². The maximum Gasteiger partial charge on any atom is 0.144 e. The Morgan fingerprint density at radius 3 is 2.65 bits per heavy atom. The third-order valence-corrected chi connectivity index (χ3v) is 2.70. The van der Waals surface area contributed by atoms with Crippen LogP contribution in [0.15, 0.2) is 42.5 Å². The minimum atomic E-state index is 0.0546. The molecular formula is C16H17N3O. The Balaban J connectivity index is 2.28. The molecule has 0 fully saturated rings. The molecule has 0 aliphatic heterocycles. The van der Waals surface area contributed by atoms with E-state index in [0.29, 0.717) is 17.0 Å². The summed E-state index contributed by atoms with van der Waals surface area (Å²) >= 11 is 0. The number of para-hydroxylation sites is 1. The Bertz CT molecular complexity index is 644. The molecule has 0 amide bonds. The molecule has 2 aromatic carbocycles. The van der Waals surface area contributed by atoms with Crippen LogP contribution in [-0.4, -0.2) is 6.10 Å². The van der Waals surface area contributed by atoms with Crippen LogP contribution in [0.2, 0.25) is 0 Å². The molecule has 0 radical (unpaired) electrons. The molecule has 0 unspecified atom stereocenters. The topological polar surface area (TPSA) is 71.1 Å². The van der Waals surface area contributed by atoms with Crippen molar-refractivity contribution in [3.8, 4) is 11.8 Å². The molecule has 0 aliphatic rings. The van der Waals surface area contributed by atoms with Crippen molar-refractivity contribution in [3.63, 3.8) is 0 Å². The minimum Gasteiger partial charge on any atom is -0.489 e. The molecule has 3 N–H and O–H groups in total. The summed E-state index contributed by atoms with van der Waals surface area (Å²) in [4.78, 5) is 0. The van der Waals surface area contributed by atoms with Gasteiger partial charge in [-0.15, -0.1) is 0 Å². The van der Waals surface area contributed by atoms with Crippen molar-refractivity contribution in [1.29, 1.82) is 5.26 Å². The van der Waals surface area contributed by atoms with Gasteiger partial charge in [0.15, 0.2) is 0 Å². The molecular weight excluding hydrogens is 250 g/mol. The Morgan fingerprint density at radius 2 is 1.95 bits per heavy atom. The van der Waals surface area contributed by atoms with E-state index in [4.69, 9.17) is 15.7 Å². The number of benzene rings is 2. The van der Waals surface area contributed by atoms with E-state index in [0.717, 1.165) is 11.4 Å². The van der Waals surface area contributed by atoms with Crippen molar-refractivity contribution in [2.24, 2.45) is 0 Å². The molecule has 0 heterocycles. The smallest absolute Gasteiger partial charge is 0.144 e. The number of hydrogen-bond donors (Lipinski definition) is 2. The van der Waals surface area contributed by atoms with E-state index in [1.807, 2.05) is 44.2 Å². The van der Waals surface area contributed by atoms with Crippen LogP contribution in [0, 0.1) is 11.3 Å². The molecule has 0 aromatic heterocycles. The van der Waals surface area contributed by atoms with E-state index >= 15 is 0 Å². The summed E-state index contributed by atoms with van der Waals surface area (Å²) < 4.78 is 5.65. The van der Waals surface area contributed by atoms with Crippen molar-refractivity contribution < 1.29 is 4.74 Å². The second-order valence-electron chi connectivity index (χ2n) is 4.70. The summed E-state index contributed by atoms with van der Waals surface area (Å²) in [6, 6.07) is 15.0. The van der Waals surface area contributed by atoms with Gasteiger partial charge in [-0.2, -0.15) is 5.26 Å². The highest BCUT2D eigenvalue weighted by Crippen LogP contribution is 2.29. The Kier molecular flexibility index (Phi) is 4.11. The first-order valence-electron chi connectivity index (χ1n) is 6.42. The molecule has 0 bridgehead atoms. The fourth-order valence-corrected chi connectivity index (χ4v) is 1.81. The molecule has 4 nitrogen and oxygen atoms in total. The van der Waals surface area contributed by atoms with Crippen molar-refractivity contribution >= 4 is 17.1 Å². The lowest BCUT2D eigenvalue weighted by atomic mass is 10.2. The summed E-state index contributed by atoms with van der Waals surface area (Å²) in [5.74, 6) is 0.638. The fraction of sp³-hybridized carbons (Fsp3) is 0.188. The van der Waals surface area contributed by atoms with E-state index in [9.17, 15) is 0 Å². The largest absolute Gasteiger partial charge is 0.489 e. The van der Waals surface area contributed by atoms with Gasteiger partial charge >= 0.3 is 0 Å². The van der Waals surface area contributed by atoms with Gasteiger partial charge in [-0.25, -0.2) is 0 Å². The molecule has 0 saturated carbocycles. The lowest BCUT2D eigenvalue weighted by Crippen LogP contribution is -2.07. The number of nitrogen functional groups attached to an aromatic ring is 1. The molecule has 2 aromatic rings. The van der Waals surface area contributed by atoms with E-state index in [1.165, 1.54) is 0 Å². The van der Waals surface area contributed by atoms with E-state index in [2.05, 4.69) is 11.4 Å². The summed E-state index contributed by atoms with van der Waals surface area (Å²) in [5.41, 5.74) is 8.66. The van der Waals surface area contributed by atoms with Gasteiger partial charge in [0, 0.05) is 11.8 Å². The monoisotopic (exact) mass is 267 g/mol. The van der Waals surface area contributed by atoms with E-state index in [-0.39, 0.29) is 6.10 Å². The standard InChI is InChI=1S/C16H17N3O/c1-11(2)20-16-9-13(7-8-14(16)18)19-15-6-4-3-5-12(15)10-17/h3-9,11,19H,18H2,1-2H3. The second kappa shape index (κ2) is 5.98. The fourth-order valence-electron chi connectivity index (χ4n) is 1.81. The van der Waals surface area contributed by atoms with Crippen molar-refractivity contribution in [1.82, 2.24) is 0 Å². The number of hydrogen-bond acceptors (Lipinski definition) is 4. The molecule has 0 saturated heterocycles. The van der Waals surface area contributed by atoms with Gasteiger partial charge < -0.3 is 15.8 Å². The maximum atomic E-state index is 9.08. The van der Waals surface area contributed by atoms with Crippen LogP contribution < -0.4 is 15.8 Å².